The number of rotatable bonds is 2. The average Bonchev–Trinajstić information content (AvgIpc) is 2.37. The second kappa shape index (κ2) is 2.49. The SMILES string of the molecule is CCC(=O)c1[c]cco1. The third-order valence-electron chi connectivity index (χ3n) is 1.04. The molecule has 47 valence electrons. The zero-order valence-corrected chi connectivity index (χ0v) is 5.18. The van der Waals surface area contributed by atoms with Gasteiger partial charge in [0.15, 0.2) is 11.5 Å². The highest BCUT2D eigenvalue weighted by atomic mass is 16.3. The number of ketones is 1. The summed E-state index contributed by atoms with van der Waals surface area (Å²) in [6, 6.07) is 4.26. The van der Waals surface area contributed by atoms with E-state index in [-0.39, 0.29) is 5.78 Å². The van der Waals surface area contributed by atoms with Crippen molar-refractivity contribution < 1.29 is 9.21 Å². The van der Waals surface area contributed by atoms with E-state index in [0.29, 0.717) is 12.2 Å². The summed E-state index contributed by atoms with van der Waals surface area (Å²) >= 11 is 0. The van der Waals surface area contributed by atoms with Gasteiger partial charge in [-0.2, -0.15) is 0 Å². The maximum Gasteiger partial charge on any atom is 0.198 e. The fraction of sp³-hybridized carbons (Fsp3) is 0.286. The smallest absolute Gasteiger partial charge is 0.198 e. The van der Waals surface area contributed by atoms with Gasteiger partial charge in [0.2, 0.25) is 0 Å². The molecule has 0 aliphatic carbocycles. The molecule has 0 bridgehead atoms. The van der Waals surface area contributed by atoms with Crippen molar-refractivity contribution in [2.75, 3.05) is 0 Å². The van der Waals surface area contributed by atoms with Crippen LogP contribution in [0.3, 0.4) is 0 Å². The van der Waals surface area contributed by atoms with Crippen LogP contribution in [-0.4, -0.2) is 5.78 Å². The average molecular weight is 123 g/mol. The highest BCUT2D eigenvalue weighted by Crippen LogP contribution is 2.01. The molecule has 1 rings (SSSR count). The standard InChI is InChI=1S/C7H7O2/c1-2-6(8)7-4-3-5-9-7/h3,5H,2H2,1H3. The highest BCUT2D eigenvalue weighted by molar-refractivity contribution is 5.92. The minimum absolute atomic E-state index is 0.000000000000000444. The van der Waals surface area contributed by atoms with Crippen LogP contribution in [0.1, 0.15) is 23.9 Å². The molecule has 0 spiro atoms. The first kappa shape index (κ1) is 6.08. The molecule has 2 heteroatoms. The molecule has 0 aliphatic rings. The second-order valence-corrected chi connectivity index (χ2v) is 1.67. The minimum Gasteiger partial charge on any atom is -0.461 e. The van der Waals surface area contributed by atoms with Gasteiger partial charge in [-0.05, 0) is 6.07 Å². The van der Waals surface area contributed by atoms with Gasteiger partial charge in [0.05, 0.1) is 6.26 Å². The van der Waals surface area contributed by atoms with Gasteiger partial charge >= 0.3 is 0 Å². The number of Topliss-reactive ketones (excluding diaryl/α,β-unsaturated/α-hetero) is 1. The van der Waals surface area contributed by atoms with Crippen LogP contribution in [0.2, 0.25) is 0 Å². The zero-order valence-electron chi connectivity index (χ0n) is 5.18. The van der Waals surface area contributed by atoms with Crippen molar-refractivity contribution in [1.82, 2.24) is 0 Å². The molecule has 0 unspecified atom stereocenters. The quantitative estimate of drug-likeness (QED) is 0.560. The van der Waals surface area contributed by atoms with Crippen LogP contribution in [0.5, 0.6) is 0 Å². The summed E-state index contributed by atoms with van der Waals surface area (Å²) in [5.41, 5.74) is 0. The molecule has 1 aromatic heterocycles. The Hall–Kier alpha value is -1.05. The number of hydrogen-bond acceptors (Lipinski definition) is 2. The number of furan rings is 1. The summed E-state index contributed by atoms with van der Waals surface area (Å²) in [4.78, 5) is 10.7. The molecule has 0 fully saturated rings. The third kappa shape index (κ3) is 1.19. The number of carbonyl (C=O) groups is 1. The van der Waals surface area contributed by atoms with Gasteiger partial charge in [-0.15, -0.1) is 0 Å². The van der Waals surface area contributed by atoms with Crippen molar-refractivity contribution in [2.45, 2.75) is 13.3 Å². The maximum absolute atomic E-state index is 10.7. The van der Waals surface area contributed by atoms with E-state index in [1.807, 2.05) is 0 Å². The van der Waals surface area contributed by atoms with E-state index in [1.54, 1.807) is 13.0 Å². The summed E-state index contributed by atoms with van der Waals surface area (Å²) in [6.45, 7) is 1.79. The van der Waals surface area contributed by atoms with Gasteiger partial charge in [-0.25, -0.2) is 0 Å². The van der Waals surface area contributed by atoms with Crippen LogP contribution in [0, 0.1) is 6.07 Å². The molecule has 9 heavy (non-hydrogen) atoms. The molecule has 1 heterocycles. The molecule has 0 amide bonds. The first-order valence-corrected chi connectivity index (χ1v) is 2.83. The van der Waals surface area contributed by atoms with Crippen molar-refractivity contribution in [2.24, 2.45) is 0 Å². The highest BCUT2D eigenvalue weighted by Gasteiger charge is 2.03. The Bertz CT molecular complexity index is 187. The molecule has 0 saturated carbocycles. The molecule has 0 aromatic carbocycles. The lowest BCUT2D eigenvalue weighted by molar-refractivity contribution is 0.0961. The molecule has 0 aliphatic heterocycles. The monoisotopic (exact) mass is 123 g/mol. The fourth-order valence-electron chi connectivity index (χ4n) is 0.553. The van der Waals surface area contributed by atoms with Crippen LogP contribution in [0.4, 0.5) is 0 Å². The largest absolute Gasteiger partial charge is 0.461 e. The Morgan fingerprint density at radius 2 is 2.67 bits per heavy atom. The van der Waals surface area contributed by atoms with Crippen LogP contribution in [0.15, 0.2) is 16.7 Å². The first-order valence-electron chi connectivity index (χ1n) is 2.83. The molecule has 0 N–H and O–H groups in total. The normalized spacial score (nSPS) is 9.44. The Morgan fingerprint density at radius 1 is 1.89 bits per heavy atom. The molecular formula is C7H7O2. The summed E-state index contributed by atoms with van der Waals surface area (Å²) in [6.07, 6.45) is 1.92. The minimum atomic E-state index is 0.000000000000000444. The zero-order chi connectivity index (χ0) is 6.69. The van der Waals surface area contributed by atoms with Gasteiger partial charge < -0.3 is 4.42 Å². The topological polar surface area (TPSA) is 30.2 Å². The van der Waals surface area contributed by atoms with E-state index < -0.39 is 0 Å². The van der Waals surface area contributed by atoms with Gasteiger partial charge in [0.25, 0.3) is 0 Å². The Morgan fingerprint density at radius 3 is 3.11 bits per heavy atom. The fourth-order valence-corrected chi connectivity index (χ4v) is 0.553. The summed E-state index contributed by atoms with van der Waals surface area (Å²) in [7, 11) is 0. The molecular weight excluding hydrogens is 116 g/mol. The van der Waals surface area contributed by atoms with Crippen molar-refractivity contribution in [3.05, 3.63) is 24.2 Å². The summed E-state index contributed by atoms with van der Waals surface area (Å²) < 4.78 is 4.78. The molecule has 1 radical (unpaired) electrons. The van der Waals surface area contributed by atoms with Crippen LogP contribution >= 0.6 is 0 Å². The Kier molecular flexibility index (Phi) is 1.68. The maximum atomic E-state index is 10.7. The van der Waals surface area contributed by atoms with E-state index in [4.69, 9.17) is 4.42 Å². The molecule has 0 atom stereocenters. The van der Waals surface area contributed by atoms with Crippen LogP contribution in [0.25, 0.3) is 0 Å². The Labute approximate surface area is 53.5 Å². The van der Waals surface area contributed by atoms with Crippen molar-refractivity contribution >= 4 is 5.78 Å². The second-order valence-electron chi connectivity index (χ2n) is 1.67. The lowest BCUT2D eigenvalue weighted by Crippen LogP contribution is -1.92. The molecule has 0 saturated heterocycles. The van der Waals surface area contributed by atoms with Gasteiger partial charge in [-0.1, -0.05) is 6.92 Å². The van der Waals surface area contributed by atoms with Crippen LogP contribution in [-0.2, 0) is 0 Å². The molecule has 2 nitrogen and oxygen atoms in total. The third-order valence-corrected chi connectivity index (χ3v) is 1.04. The van der Waals surface area contributed by atoms with Crippen molar-refractivity contribution in [3.8, 4) is 0 Å². The predicted molar refractivity (Wildman–Crippen MR) is 32.2 cm³/mol. The van der Waals surface area contributed by atoms with E-state index in [9.17, 15) is 4.79 Å². The lowest BCUT2D eigenvalue weighted by atomic mass is 10.2. The van der Waals surface area contributed by atoms with E-state index >= 15 is 0 Å². The number of hydrogen-bond donors (Lipinski definition) is 0. The summed E-state index contributed by atoms with van der Waals surface area (Å²) in [5.74, 6) is 0.331. The van der Waals surface area contributed by atoms with Crippen molar-refractivity contribution in [1.29, 1.82) is 0 Å². The lowest BCUT2D eigenvalue weighted by Gasteiger charge is -1.85. The van der Waals surface area contributed by atoms with Crippen molar-refractivity contribution in [3.63, 3.8) is 0 Å². The van der Waals surface area contributed by atoms with E-state index in [1.165, 1.54) is 6.26 Å². The van der Waals surface area contributed by atoms with Crippen LogP contribution < -0.4 is 0 Å². The summed E-state index contributed by atoms with van der Waals surface area (Å²) in [5, 5.41) is 0. The van der Waals surface area contributed by atoms with Gasteiger partial charge in [0.1, 0.15) is 0 Å². The predicted octanol–water partition coefficient (Wildman–Crippen LogP) is 1.67. The first-order chi connectivity index (χ1) is 4.34. The van der Waals surface area contributed by atoms with Gasteiger partial charge in [-0.3, -0.25) is 4.79 Å². The molecule has 1 aromatic rings. The Balaban J connectivity index is 2.77. The van der Waals surface area contributed by atoms with Gasteiger partial charge in [0, 0.05) is 12.5 Å². The van der Waals surface area contributed by atoms with E-state index in [2.05, 4.69) is 6.07 Å². The van der Waals surface area contributed by atoms with E-state index in [0.717, 1.165) is 0 Å². The number of carbonyl (C=O) groups excluding carboxylic acids is 1.